The highest BCUT2D eigenvalue weighted by Crippen LogP contribution is 2.26. The van der Waals surface area contributed by atoms with Crippen LogP contribution in [0.25, 0.3) is 0 Å². The largest absolute Gasteiger partial charge is 0.340 e. The molecule has 1 aliphatic rings. The summed E-state index contributed by atoms with van der Waals surface area (Å²) >= 11 is 0. The van der Waals surface area contributed by atoms with E-state index in [1.165, 1.54) is 11.1 Å². The van der Waals surface area contributed by atoms with E-state index in [-0.39, 0.29) is 0 Å². The molecule has 0 spiro atoms. The van der Waals surface area contributed by atoms with Crippen molar-refractivity contribution in [1.29, 1.82) is 0 Å². The maximum atomic E-state index is 4.33. The minimum Gasteiger partial charge on any atom is -0.340 e. The van der Waals surface area contributed by atoms with Gasteiger partial charge in [0.1, 0.15) is 12.1 Å². The van der Waals surface area contributed by atoms with Crippen molar-refractivity contribution in [3.05, 3.63) is 47.4 Å². The lowest BCUT2D eigenvalue weighted by Gasteiger charge is -2.21. The van der Waals surface area contributed by atoms with Crippen LogP contribution in [-0.2, 0) is 13.0 Å². The topological polar surface area (TPSA) is 49.8 Å². The van der Waals surface area contributed by atoms with Crippen LogP contribution in [0, 0.1) is 0 Å². The molecule has 1 aromatic heterocycles. The zero-order valence-corrected chi connectivity index (χ0v) is 12.0. The SMILES string of the molecule is CC(C)c1cc(Nc2cccc3c2CCNC3)ncn1. The van der Waals surface area contributed by atoms with Crippen LogP contribution in [0.2, 0.25) is 0 Å². The van der Waals surface area contributed by atoms with Crippen molar-refractivity contribution >= 4 is 11.5 Å². The Morgan fingerprint density at radius 2 is 2.15 bits per heavy atom. The van der Waals surface area contributed by atoms with E-state index in [4.69, 9.17) is 0 Å². The molecule has 4 nitrogen and oxygen atoms in total. The Hall–Kier alpha value is -1.94. The van der Waals surface area contributed by atoms with Gasteiger partial charge in [-0.3, -0.25) is 0 Å². The summed E-state index contributed by atoms with van der Waals surface area (Å²) in [5.41, 5.74) is 5.00. The lowest BCUT2D eigenvalue weighted by atomic mass is 9.99. The number of hydrogen-bond acceptors (Lipinski definition) is 4. The molecule has 2 aromatic rings. The molecule has 0 atom stereocenters. The van der Waals surface area contributed by atoms with Crippen LogP contribution in [0.3, 0.4) is 0 Å². The van der Waals surface area contributed by atoms with Crippen LogP contribution >= 0.6 is 0 Å². The maximum absolute atomic E-state index is 4.33. The van der Waals surface area contributed by atoms with Crippen LogP contribution in [-0.4, -0.2) is 16.5 Å². The zero-order chi connectivity index (χ0) is 13.9. The van der Waals surface area contributed by atoms with Gasteiger partial charge in [-0.25, -0.2) is 9.97 Å². The molecule has 0 saturated heterocycles. The Kier molecular flexibility index (Phi) is 3.65. The first-order chi connectivity index (χ1) is 9.74. The highest BCUT2D eigenvalue weighted by molar-refractivity contribution is 5.63. The third-order valence-corrected chi connectivity index (χ3v) is 3.68. The normalized spacial score (nSPS) is 14.2. The Bertz CT molecular complexity index is 607. The molecule has 1 aliphatic heterocycles. The van der Waals surface area contributed by atoms with E-state index >= 15 is 0 Å². The molecule has 2 N–H and O–H groups in total. The Morgan fingerprint density at radius 1 is 1.25 bits per heavy atom. The predicted octanol–water partition coefficient (Wildman–Crippen LogP) is 2.99. The van der Waals surface area contributed by atoms with Crippen molar-refractivity contribution in [1.82, 2.24) is 15.3 Å². The van der Waals surface area contributed by atoms with Crippen molar-refractivity contribution in [2.45, 2.75) is 32.7 Å². The first-order valence-corrected chi connectivity index (χ1v) is 7.14. The van der Waals surface area contributed by atoms with Crippen molar-refractivity contribution in [3.63, 3.8) is 0 Å². The Labute approximate surface area is 119 Å². The van der Waals surface area contributed by atoms with E-state index in [9.17, 15) is 0 Å². The molecule has 3 rings (SSSR count). The van der Waals surface area contributed by atoms with E-state index in [2.05, 4.69) is 52.6 Å². The van der Waals surface area contributed by atoms with Gasteiger partial charge in [0.2, 0.25) is 0 Å². The van der Waals surface area contributed by atoms with E-state index in [1.807, 2.05) is 6.07 Å². The van der Waals surface area contributed by atoms with Crippen LogP contribution in [0.15, 0.2) is 30.6 Å². The number of aromatic nitrogens is 2. The van der Waals surface area contributed by atoms with Gasteiger partial charge >= 0.3 is 0 Å². The fourth-order valence-electron chi connectivity index (χ4n) is 2.54. The minimum atomic E-state index is 0.410. The highest BCUT2D eigenvalue weighted by atomic mass is 15.0. The number of anilines is 2. The molecule has 20 heavy (non-hydrogen) atoms. The second-order valence-corrected chi connectivity index (χ2v) is 5.48. The van der Waals surface area contributed by atoms with Gasteiger partial charge in [0.05, 0.1) is 0 Å². The van der Waals surface area contributed by atoms with Gasteiger partial charge < -0.3 is 10.6 Å². The van der Waals surface area contributed by atoms with E-state index in [0.717, 1.165) is 36.7 Å². The third kappa shape index (κ3) is 2.65. The summed E-state index contributed by atoms with van der Waals surface area (Å²) in [6.45, 7) is 6.27. The molecule has 0 fully saturated rings. The van der Waals surface area contributed by atoms with Crippen LogP contribution < -0.4 is 10.6 Å². The number of nitrogens with one attached hydrogen (secondary N) is 2. The standard InChI is InChI=1S/C16H20N4/c1-11(2)15-8-16(19-10-18-15)20-14-5-3-4-12-9-17-7-6-13(12)14/h3-5,8,10-11,17H,6-7,9H2,1-2H3,(H,18,19,20). The molecule has 0 aliphatic carbocycles. The number of benzene rings is 1. The summed E-state index contributed by atoms with van der Waals surface area (Å²) in [6.07, 6.45) is 2.69. The minimum absolute atomic E-state index is 0.410. The summed E-state index contributed by atoms with van der Waals surface area (Å²) in [6, 6.07) is 8.44. The molecule has 0 saturated carbocycles. The summed E-state index contributed by atoms with van der Waals surface area (Å²) in [4.78, 5) is 8.64. The molecule has 0 bridgehead atoms. The van der Waals surface area contributed by atoms with Crippen molar-refractivity contribution in [2.75, 3.05) is 11.9 Å². The van der Waals surface area contributed by atoms with Gasteiger partial charge in [0.25, 0.3) is 0 Å². The smallest absolute Gasteiger partial charge is 0.134 e. The number of hydrogen-bond donors (Lipinski definition) is 2. The fraction of sp³-hybridized carbons (Fsp3) is 0.375. The Morgan fingerprint density at radius 3 is 3.00 bits per heavy atom. The van der Waals surface area contributed by atoms with Gasteiger partial charge in [-0.2, -0.15) is 0 Å². The summed E-state index contributed by atoms with van der Waals surface area (Å²) in [5.74, 6) is 1.28. The lowest BCUT2D eigenvalue weighted by Crippen LogP contribution is -2.24. The van der Waals surface area contributed by atoms with Crippen molar-refractivity contribution in [2.24, 2.45) is 0 Å². The molecule has 0 amide bonds. The van der Waals surface area contributed by atoms with E-state index in [0.29, 0.717) is 5.92 Å². The first kappa shape index (κ1) is 13.1. The molecular weight excluding hydrogens is 248 g/mol. The summed E-state index contributed by atoms with van der Waals surface area (Å²) in [5, 5.41) is 6.85. The second-order valence-electron chi connectivity index (χ2n) is 5.48. The molecule has 4 heteroatoms. The van der Waals surface area contributed by atoms with Gasteiger partial charge in [-0.05, 0) is 36.1 Å². The van der Waals surface area contributed by atoms with Crippen molar-refractivity contribution < 1.29 is 0 Å². The number of rotatable bonds is 3. The molecule has 0 radical (unpaired) electrons. The quantitative estimate of drug-likeness (QED) is 0.898. The van der Waals surface area contributed by atoms with E-state index in [1.54, 1.807) is 6.33 Å². The maximum Gasteiger partial charge on any atom is 0.134 e. The predicted molar refractivity (Wildman–Crippen MR) is 81.3 cm³/mol. The molecule has 104 valence electrons. The zero-order valence-electron chi connectivity index (χ0n) is 12.0. The van der Waals surface area contributed by atoms with Crippen LogP contribution in [0.1, 0.15) is 36.6 Å². The van der Waals surface area contributed by atoms with Crippen LogP contribution in [0.4, 0.5) is 11.5 Å². The van der Waals surface area contributed by atoms with Gasteiger partial charge in [-0.15, -0.1) is 0 Å². The second kappa shape index (κ2) is 5.59. The van der Waals surface area contributed by atoms with Gasteiger partial charge in [0.15, 0.2) is 0 Å². The summed E-state index contributed by atoms with van der Waals surface area (Å²) < 4.78 is 0. The molecular formula is C16H20N4. The molecule has 1 aromatic carbocycles. The fourth-order valence-corrected chi connectivity index (χ4v) is 2.54. The van der Waals surface area contributed by atoms with Crippen molar-refractivity contribution in [3.8, 4) is 0 Å². The summed E-state index contributed by atoms with van der Waals surface area (Å²) in [7, 11) is 0. The first-order valence-electron chi connectivity index (χ1n) is 7.14. The average Bonchev–Trinajstić information content (AvgIpc) is 2.48. The molecule has 0 unspecified atom stereocenters. The highest BCUT2D eigenvalue weighted by Gasteiger charge is 2.13. The van der Waals surface area contributed by atoms with E-state index < -0.39 is 0 Å². The number of fused-ring (bicyclic) bond motifs is 1. The monoisotopic (exact) mass is 268 g/mol. The average molecular weight is 268 g/mol. The van der Waals surface area contributed by atoms with Crippen LogP contribution in [0.5, 0.6) is 0 Å². The van der Waals surface area contributed by atoms with Gasteiger partial charge in [0, 0.05) is 24.0 Å². The molecule has 2 heterocycles. The third-order valence-electron chi connectivity index (χ3n) is 3.68. The van der Waals surface area contributed by atoms with Gasteiger partial charge in [-0.1, -0.05) is 26.0 Å². The lowest BCUT2D eigenvalue weighted by molar-refractivity contribution is 0.645. The number of nitrogens with zero attached hydrogens (tertiary/aromatic N) is 2. The Balaban J connectivity index is 1.90.